The van der Waals surface area contributed by atoms with Crippen LogP contribution >= 0.6 is 12.2 Å². The van der Waals surface area contributed by atoms with Crippen LogP contribution in [0.15, 0.2) is 22.6 Å². The highest BCUT2D eigenvalue weighted by Crippen LogP contribution is 2.20. The SMILES string of the molecule is Cc1cc(C)cc(-c2nn(C[NH+](C)CC(=O)NC(C)(C)C)c(=S)o2)c1. The third-order valence-electron chi connectivity index (χ3n) is 3.47. The monoisotopic (exact) mass is 363 g/mol. The van der Waals surface area contributed by atoms with Gasteiger partial charge in [0.05, 0.1) is 7.05 Å². The molecule has 1 aromatic carbocycles. The highest BCUT2D eigenvalue weighted by Gasteiger charge is 2.18. The lowest BCUT2D eigenvalue weighted by atomic mass is 10.1. The fraction of sp³-hybridized carbons (Fsp3) is 0.500. The number of aryl methyl sites for hydroxylation is 2. The van der Waals surface area contributed by atoms with Gasteiger partial charge in [0.1, 0.15) is 0 Å². The molecule has 25 heavy (non-hydrogen) atoms. The molecule has 1 heterocycles. The van der Waals surface area contributed by atoms with Crippen LogP contribution in [0.25, 0.3) is 11.5 Å². The number of quaternary nitrogens is 1. The Labute approximate surface area is 153 Å². The molecule has 0 aliphatic heterocycles. The van der Waals surface area contributed by atoms with Crippen LogP contribution in [0.3, 0.4) is 0 Å². The molecule has 0 saturated carbocycles. The first-order valence-corrected chi connectivity index (χ1v) is 8.73. The zero-order chi connectivity index (χ0) is 18.8. The van der Waals surface area contributed by atoms with Gasteiger partial charge in [-0.05, 0) is 59.0 Å². The summed E-state index contributed by atoms with van der Waals surface area (Å²) in [5.41, 5.74) is 2.96. The molecule has 0 bridgehead atoms. The molecule has 1 unspecified atom stereocenters. The molecule has 2 rings (SSSR count). The van der Waals surface area contributed by atoms with Gasteiger partial charge in [0.2, 0.25) is 5.89 Å². The average molecular weight is 364 g/mol. The van der Waals surface area contributed by atoms with E-state index in [1.54, 1.807) is 4.68 Å². The largest absolute Gasteiger partial charge is 0.409 e. The van der Waals surface area contributed by atoms with Crippen LogP contribution in [-0.4, -0.2) is 34.8 Å². The average Bonchev–Trinajstić information content (AvgIpc) is 2.76. The molecular weight excluding hydrogens is 336 g/mol. The summed E-state index contributed by atoms with van der Waals surface area (Å²) < 4.78 is 7.28. The molecule has 0 fully saturated rings. The quantitative estimate of drug-likeness (QED) is 0.796. The number of hydrogen-bond donors (Lipinski definition) is 2. The lowest BCUT2D eigenvalue weighted by Gasteiger charge is -2.21. The number of amides is 1. The highest BCUT2D eigenvalue weighted by atomic mass is 32.1. The van der Waals surface area contributed by atoms with E-state index in [2.05, 4.69) is 16.5 Å². The summed E-state index contributed by atoms with van der Waals surface area (Å²) in [7, 11) is 1.93. The maximum Gasteiger partial charge on any atom is 0.292 e. The molecule has 2 N–H and O–H groups in total. The zero-order valence-corrected chi connectivity index (χ0v) is 16.6. The predicted molar refractivity (Wildman–Crippen MR) is 99.9 cm³/mol. The van der Waals surface area contributed by atoms with Crippen LogP contribution in [0.2, 0.25) is 0 Å². The second kappa shape index (κ2) is 7.49. The van der Waals surface area contributed by atoms with E-state index in [0.29, 0.717) is 23.9 Å². The first-order valence-electron chi connectivity index (χ1n) is 8.32. The Morgan fingerprint density at radius 3 is 2.44 bits per heavy atom. The van der Waals surface area contributed by atoms with Crippen LogP contribution in [-0.2, 0) is 11.5 Å². The van der Waals surface area contributed by atoms with Crippen molar-refractivity contribution in [1.82, 2.24) is 15.1 Å². The van der Waals surface area contributed by atoms with Crippen molar-refractivity contribution in [3.8, 4) is 11.5 Å². The third-order valence-corrected chi connectivity index (χ3v) is 3.77. The highest BCUT2D eigenvalue weighted by molar-refractivity contribution is 7.71. The Morgan fingerprint density at radius 1 is 1.28 bits per heavy atom. The van der Waals surface area contributed by atoms with Crippen LogP contribution < -0.4 is 10.2 Å². The van der Waals surface area contributed by atoms with Gasteiger partial charge >= 0.3 is 0 Å². The van der Waals surface area contributed by atoms with E-state index in [1.165, 1.54) is 0 Å². The van der Waals surface area contributed by atoms with Crippen molar-refractivity contribution in [3.05, 3.63) is 34.2 Å². The van der Waals surface area contributed by atoms with Crippen molar-refractivity contribution in [2.75, 3.05) is 13.6 Å². The van der Waals surface area contributed by atoms with Crippen molar-refractivity contribution in [2.24, 2.45) is 0 Å². The number of likely N-dealkylation sites (N-methyl/N-ethyl adjacent to an activating group) is 1. The number of nitrogens with one attached hydrogen (secondary N) is 2. The fourth-order valence-electron chi connectivity index (χ4n) is 2.67. The van der Waals surface area contributed by atoms with Gasteiger partial charge in [-0.3, -0.25) is 4.79 Å². The standard InChI is InChI=1S/C18H26N4O2S/c1-12-7-13(2)9-14(8-12)16-20-22(17(25)24-16)11-21(6)10-15(23)19-18(3,4)5/h7-9H,10-11H2,1-6H3,(H,19,23)/p+1. The smallest absolute Gasteiger partial charge is 0.292 e. The second-order valence-electron chi connectivity index (χ2n) is 7.64. The van der Waals surface area contributed by atoms with Crippen LogP contribution in [0.1, 0.15) is 31.9 Å². The molecule has 0 saturated heterocycles. The topological polar surface area (TPSA) is 64.5 Å². The van der Waals surface area contributed by atoms with Gasteiger partial charge in [-0.25, -0.2) is 0 Å². The van der Waals surface area contributed by atoms with Gasteiger partial charge in [0.15, 0.2) is 13.2 Å². The van der Waals surface area contributed by atoms with Crippen molar-refractivity contribution in [1.29, 1.82) is 0 Å². The van der Waals surface area contributed by atoms with E-state index in [9.17, 15) is 4.79 Å². The zero-order valence-electron chi connectivity index (χ0n) is 15.8. The summed E-state index contributed by atoms with van der Waals surface area (Å²) in [4.78, 5) is 13.3. The maximum absolute atomic E-state index is 12.0. The number of rotatable bonds is 5. The first-order chi connectivity index (χ1) is 11.5. The van der Waals surface area contributed by atoms with E-state index in [1.807, 2.05) is 53.8 Å². The summed E-state index contributed by atoms with van der Waals surface area (Å²) in [6.07, 6.45) is 0. The molecule has 0 radical (unpaired) electrons. The van der Waals surface area contributed by atoms with Crippen LogP contribution in [0, 0.1) is 18.7 Å². The predicted octanol–water partition coefficient (Wildman–Crippen LogP) is 1.88. The number of benzene rings is 1. The van der Waals surface area contributed by atoms with Gasteiger partial charge in [0.25, 0.3) is 10.7 Å². The number of hydrogen-bond acceptors (Lipinski definition) is 4. The summed E-state index contributed by atoms with van der Waals surface area (Å²) in [6, 6.07) is 6.14. The van der Waals surface area contributed by atoms with Crippen molar-refractivity contribution in [2.45, 2.75) is 46.8 Å². The van der Waals surface area contributed by atoms with Gasteiger partial charge < -0.3 is 14.6 Å². The van der Waals surface area contributed by atoms with E-state index in [-0.39, 0.29) is 11.4 Å². The normalized spacial score (nSPS) is 12.9. The molecule has 6 nitrogen and oxygen atoms in total. The van der Waals surface area contributed by atoms with Crippen molar-refractivity contribution in [3.63, 3.8) is 0 Å². The van der Waals surface area contributed by atoms with Gasteiger partial charge in [-0.1, -0.05) is 17.2 Å². The lowest BCUT2D eigenvalue weighted by molar-refractivity contribution is -0.895. The molecule has 0 spiro atoms. The van der Waals surface area contributed by atoms with E-state index >= 15 is 0 Å². The van der Waals surface area contributed by atoms with E-state index < -0.39 is 0 Å². The van der Waals surface area contributed by atoms with Gasteiger partial charge in [-0.15, -0.1) is 5.10 Å². The number of nitrogens with zero attached hydrogens (tertiary/aromatic N) is 2. The van der Waals surface area contributed by atoms with E-state index in [4.69, 9.17) is 16.6 Å². The number of aromatic nitrogens is 2. The summed E-state index contributed by atoms with van der Waals surface area (Å²) in [5, 5.41) is 7.43. The summed E-state index contributed by atoms with van der Waals surface area (Å²) >= 11 is 5.28. The minimum Gasteiger partial charge on any atom is -0.409 e. The molecule has 0 aliphatic carbocycles. The molecular formula is C18H27N4O2S+. The van der Waals surface area contributed by atoms with Crippen molar-refractivity contribution < 1.29 is 14.1 Å². The molecule has 0 aliphatic rings. The molecule has 1 amide bonds. The Kier molecular flexibility index (Phi) is 5.80. The Morgan fingerprint density at radius 2 is 1.88 bits per heavy atom. The molecule has 2 aromatic rings. The first kappa shape index (κ1) is 19.3. The van der Waals surface area contributed by atoms with Crippen molar-refractivity contribution >= 4 is 18.1 Å². The second-order valence-corrected chi connectivity index (χ2v) is 7.99. The Hall–Kier alpha value is -1.99. The molecule has 136 valence electrons. The number of carbonyl (C=O) groups excluding carboxylic acids is 1. The molecule has 1 aromatic heterocycles. The summed E-state index contributed by atoms with van der Waals surface area (Å²) in [5.74, 6) is 0.498. The Balaban J connectivity index is 2.10. The Bertz CT molecular complexity index is 797. The fourth-order valence-corrected chi connectivity index (χ4v) is 2.85. The minimum absolute atomic E-state index is 0.00505. The minimum atomic E-state index is -0.238. The third kappa shape index (κ3) is 5.79. The molecule has 7 heteroatoms. The van der Waals surface area contributed by atoms with Gasteiger partial charge in [-0.2, -0.15) is 4.68 Å². The van der Waals surface area contributed by atoms with Gasteiger partial charge in [0, 0.05) is 11.1 Å². The van der Waals surface area contributed by atoms with Crippen LogP contribution in [0.4, 0.5) is 0 Å². The lowest BCUT2D eigenvalue weighted by Crippen LogP contribution is -3.09. The number of carbonyl (C=O) groups is 1. The summed E-state index contributed by atoms with van der Waals surface area (Å²) in [6.45, 7) is 10.8. The maximum atomic E-state index is 12.0. The molecule has 1 atom stereocenters. The van der Waals surface area contributed by atoms with Crippen LogP contribution in [0.5, 0.6) is 0 Å². The van der Waals surface area contributed by atoms with E-state index in [0.717, 1.165) is 21.6 Å².